The Bertz CT molecular complexity index is 582. The van der Waals surface area contributed by atoms with Crippen molar-refractivity contribution in [3.8, 4) is 5.75 Å². The molecular formula is C14H12F2N2O. The van der Waals surface area contributed by atoms with Crippen molar-refractivity contribution in [1.29, 1.82) is 0 Å². The summed E-state index contributed by atoms with van der Waals surface area (Å²) in [7, 11) is 1.59. The van der Waals surface area contributed by atoms with Crippen LogP contribution in [0.15, 0.2) is 47.6 Å². The molecule has 0 aromatic heterocycles. The zero-order valence-corrected chi connectivity index (χ0v) is 10.2. The molecule has 0 aliphatic rings. The molecule has 0 fully saturated rings. The Hall–Kier alpha value is -2.43. The minimum absolute atomic E-state index is 0.117. The predicted octanol–water partition coefficient (Wildman–Crippen LogP) is 3.42. The number of rotatable bonds is 4. The summed E-state index contributed by atoms with van der Waals surface area (Å²) >= 11 is 0. The Morgan fingerprint density at radius 2 is 1.84 bits per heavy atom. The maximum atomic E-state index is 13.3. The average molecular weight is 262 g/mol. The number of nitrogens with one attached hydrogen (secondary N) is 1. The van der Waals surface area contributed by atoms with Crippen LogP contribution in [0.2, 0.25) is 0 Å². The highest BCUT2D eigenvalue weighted by molar-refractivity contribution is 5.80. The molecule has 0 amide bonds. The first-order valence-electron chi connectivity index (χ1n) is 5.57. The molecule has 0 atom stereocenters. The molecule has 0 bridgehead atoms. The molecule has 0 unspecified atom stereocenters. The van der Waals surface area contributed by atoms with Gasteiger partial charge in [-0.05, 0) is 42.0 Å². The highest BCUT2D eigenvalue weighted by Crippen LogP contribution is 2.15. The number of hydrogen-bond acceptors (Lipinski definition) is 3. The van der Waals surface area contributed by atoms with Gasteiger partial charge in [0.1, 0.15) is 11.6 Å². The minimum atomic E-state index is -0.688. The van der Waals surface area contributed by atoms with Crippen molar-refractivity contribution in [2.75, 3.05) is 12.5 Å². The Labute approximate surface area is 109 Å². The lowest BCUT2D eigenvalue weighted by atomic mass is 10.2. The molecule has 3 nitrogen and oxygen atoms in total. The lowest BCUT2D eigenvalue weighted by molar-refractivity contribution is 0.415. The van der Waals surface area contributed by atoms with Crippen LogP contribution in [0.5, 0.6) is 5.75 Å². The zero-order chi connectivity index (χ0) is 13.7. The van der Waals surface area contributed by atoms with Crippen LogP contribution in [0, 0.1) is 11.6 Å². The van der Waals surface area contributed by atoms with Gasteiger partial charge in [-0.1, -0.05) is 0 Å². The van der Waals surface area contributed by atoms with Crippen LogP contribution in [0.3, 0.4) is 0 Å². The van der Waals surface area contributed by atoms with Gasteiger partial charge in [0, 0.05) is 6.07 Å². The van der Waals surface area contributed by atoms with Crippen LogP contribution >= 0.6 is 0 Å². The van der Waals surface area contributed by atoms with Crippen molar-refractivity contribution in [1.82, 2.24) is 0 Å². The SMILES string of the molecule is COc1ccc(/C=N\Nc2ccc(F)cc2F)cc1. The molecule has 0 heterocycles. The van der Waals surface area contributed by atoms with Crippen LogP contribution in [-0.2, 0) is 0 Å². The van der Waals surface area contributed by atoms with Gasteiger partial charge in [0.2, 0.25) is 0 Å². The standard InChI is InChI=1S/C14H12F2N2O/c1-19-12-5-2-10(3-6-12)9-17-18-14-7-4-11(15)8-13(14)16/h2-9,18H,1H3/b17-9-. The van der Waals surface area contributed by atoms with Crippen LogP contribution < -0.4 is 10.2 Å². The molecule has 5 heteroatoms. The van der Waals surface area contributed by atoms with Crippen molar-refractivity contribution < 1.29 is 13.5 Å². The second kappa shape index (κ2) is 5.95. The van der Waals surface area contributed by atoms with Crippen molar-refractivity contribution in [3.05, 3.63) is 59.7 Å². The van der Waals surface area contributed by atoms with E-state index in [9.17, 15) is 8.78 Å². The van der Waals surface area contributed by atoms with E-state index in [1.807, 2.05) is 12.1 Å². The van der Waals surface area contributed by atoms with Crippen LogP contribution in [-0.4, -0.2) is 13.3 Å². The summed E-state index contributed by atoms with van der Waals surface area (Å²) in [6.07, 6.45) is 1.53. The van der Waals surface area contributed by atoms with E-state index in [4.69, 9.17) is 4.74 Å². The summed E-state index contributed by atoms with van der Waals surface area (Å²) < 4.78 is 31.0. The fourth-order valence-corrected chi connectivity index (χ4v) is 1.45. The van der Waals surface area contributed by atoms with Gasteiger partial charge in [-0.3, -0.25) is 5.43 Å². The van der Waals surface area contributed by atoms with Crippen molar-refractivity contribution in [3.63, 3.8) is 0 Å². The Morgan fingerprint density at radius 1 is 1.11 bits per heavy atom. The summed E-state index contributed by atoms with van der Waals surface area (Å²) in [4.78, 5) is 0. The second-order valence-corrected chi connectivity index (χ2v) is 3.77. The molecule has 19 heavy (non-hydrogen) atoms. The van der Waals surface area contributed by atoms with Crippen molar-refractivity contribution in [2.45, 2.75) is 0 Å². The molecule has 98 valence electrons. The minimum Gasteiger partial charge on any atom is -0.497 e. The average Bonchev–Trinajstić information content (AvgIpc) is 2.42. The van der Waals surface area contributed by atoms with Gasteiger partial charge in [-0.25, -0.2) is 8.78 Å². The summed E-state index contributed by atoms with van der Waals surface area (Å²) in [6.45, 7) is 0. The van der Waals surface area contributed by atoms with Gasteiger partial charge in [-0.15, -0.1) is 0 Å². The van der Waals surface area contributed by atoms with Gasteiger partial charge in [0.05, 0.1) is 19.0 Å². The third kappa shape index (κ3) is 3.51. The molecule has 0 aliphatic carbocycles. The summed E-state index contributed by atoms with van der Waals surface area (Å²) in [5, 5.41) is 3.88. The Balaban J connectivity index is 2.02. The molecule has 2 aromatic carbocycles. The molecule has 2 rings (SSSR count). The van der Waals surface area contributed by atoms with Gasteiger partial charge >= 0.3 is 0 Å². The molecule has 0 radical (unpaired) electrons. The molecule has 0 spiro atoms. The maximum Gasteiger partial charge on any atom is 0.151 e. The summed E-state index contributed by atoms with van der Waals surface area (Å²) in [6, 6.07) is 10.4. The van der Waals surface area contributed by atoms with E-state index in [-0.39, 0.29) is 5.69 Å². The van der Waals surface area contributed by atoms with Gasteiger partial charge < -0.3 is 4.74 Å². The number of anilines is 1. The van der Waals surface area contributed by atoms with Gasteiger partial charge in [0.25, 0.3) is 0 Å². The van der Waals surface area contributed by atoms with E-state index >= 15 is 0 Å². The fraction of sp³-hybridized carbons (Fsp3) is 0.0714. The number of ether oxygens (including phenoxy) is 1. The molecular weight excluding hydrogens is 250 g/mol. The molecule has 0 saturated heterocycles. The van der Waals surface area contributed by atoms with E-state index in [1.165, 1.54) is 12.3 Å². The highest BCUT2D eigenvalue weighted by atomic mass is 19.1. The first-order chi connectivity index (χ1) is 9.19. The smallest absolute Gasteiger partial charge is 0.151 e. The number of hydrazone groups is 1. The number of halogens is 2. The van der Waals surface area contributed by atoms with E-state index in [1.54, 1.807) is 19.2 Å². The van der Waals surface area contributed by atoms with Crippen LogP contribution in [0.25, 0.3) is 0 Å². The number of benzene rings is 2. The van der Waals surface area contributed by atoms with Crippen LogP contribution in [0.4, 0.5) is 14.5 Å². The highest BCUT2D eigenvalue weighted by Gasteiger charge is 2.01. The third-order valence-corrected chi connectivity index (χ3v) is 2.45. The molecule has 0 aliphatic heterocycles. The first kappa shape index (κ1) is 13.0. The van der Waals surface area contributed by atoms with Crippen molar-refractivity contribution in [2.24, 2.45) is 5.10 Å². The Kier molecular flexibility index (Phi) is 4.07. The molecule has 1 N–H and O–H groups in total. The number of methoxy groups -OCH3 is 1. The molecule has 2 aromatic rings. The summed E-state index contributed by atoms with van der Waals surface area (Å²) in [5.74, 6) is -0.566. The third-order valence-electron chi connectivity index (χ3n) is 2.45. The monoisotopic (exact) mass is 262 g/mol. The predicted molar refractivity (Wildman–Crippen MR) is 70.6 cm³/mol. The zero-order valence-electron chi connectivity index (χ0n) is 10.2. The molecule has 0 saturated carbocycles. The van der Waals surface area contributed by atoms with Crippen LogP contribution in [0.1, 0.15) is 5.56 Å². The second-order valence-electron chi connectivity index (χ2n) is 3.77. The largest absolute Gasteiger partial charge is 0.497 e. The lowest BCUT2D eigenvalue weighted by Crippen LogP contribution is -1.94. The van der Waals surface area contributed by atoms with Gasteiger partial charge in [0.15, 0.2) is 5.82 Å². The summed E-state index contributed by atoms with van der Waals surface area (Å²) in [5.41, 5.74) is 3.46. The normalized spacial score (nSPS) is 10.7. The lowest BCUT2D eigenvalue weighted by Gasteiger charge is -2.02. The van der Waals surface area contributed by atoms with E-state index in [0.29, 0.717) is 0 Å². The topological polar surface area (TPSA) is 33.6 Å². The van der Waals surface area contributed by atoms with E-state index in [0.717, 1.165) is 23.4 Å². The first-order valence-corrected chi connectivity index (χ1v) is 5.57. The number of nitrogens with zero attached hydrogens (tertiary/aromatic N) is 1. The fourth-order valence-electron chi connectivity index (χ4n) is 1.45. The van der Waals surface area contributed by atoms with Gasteiger partial charge in [-0.2, -0.15) is 5.10 Å². The quantitative estimate of drug-likeness (QED) is 0.676. The van der Waals surface area contributed by atoms with E-state index in [2.05, 4.69) is 10.5 Å². The maximum absolute atomic E-state index is 13.3. The Morgan fingerprint density at radius 3 is 2.47 bits per heavy atom. The number of hydrogen-bond donors (Lipinski definition) is 1. The van der Waals surface area contributed by atoms with Crippen molar-refractivity contribution >= 4 is 11.9 Å². The van der Waals surface area contributed by atoms with E-state index < -0.39 is 11.6 Å².